The van der Waals surface area contributed by atoms with E-state index >= 15 is 0 Å². The highest BCUT2D eigenvalue weighted by molar-refractivity contribution is 8.03. The molecule has 0 spiro atoms. The first-order valence-electron chi connectivity index (χ1n) is 11.4. The first kappa shape index (κ1) is 25.0. The number of piperidine rings is 1. The Hall–Kier alpha value is -1.67. The number of aromatic nitrogens is 1. The Morgan fingerprint density at radius 2 is 2.19 bits per heavy atom. The molecule has 8 heteroatoms. The average Bonchev–Trinajstić information content (AvgIpc) is 3.09. The van der Waals surface area contributed by atoms with Crippen molar-refractivity contribution in [2.75, 3.05) is 19.6 Å². The lowest BCUT2D eigenvalue weighted by atomic mass is 9.70. The molecule has 178 valence electrons. The van der Waals surface area contributed by atoms with Gasteiger partial charge in [0.25, 0.3) is 0 Å². The number of hydrogen-bond donors (Lipinski definition) is 1. The van der Waals surface area contributed by atoms with Gasteiger partial charge in [0.15, 0.2) is 0 Å². The van der Waals surface area contributed by atoms with E-state index in [0.29, 0.717) is 17.4 Å². The number of likely N-dealkylation sites (tertiary alicyclic amines) is 1. The first-order chi connectivity index (χ1) is 15.2. The summed E-state index contributed by atoms with van der Waals surface area (Å²) in [4.78, 5) is 19.6. The molecule has 3 heterocycles. The van der Waals surface area contributed by atoms with E-state index in [2.05, 4.69) is 36.0 Å². The van der Waals surface area contributed by atoms with Crippen molar-refractivity contribution in [3.63, 3.8) is 0 Å². The number of nitrogens with zero attached hydrogens (tertiary/aromatic N) is 2. The van der Waals surface area contributed by atoms with Crippen LogP contribution in [0.4, 0.5) is 8.78 Å². The van der Waals surface area contributed by atoms with Crippen molar-refractivity contribution in [2.24, 2.45) is 17.3 Å². The molecule has 4 unspecified atom stereocenters. The van der Waals surface area contributed by atoms with Crippen molar-refractivity contribution in [1.82, 2.24) is 15.2 Å². The van der Waals surface area contributed by atoms with Crippen LogP contribution >= 0.6 is 11.8 Å². The Morgan fingerprint density at radius 1 is 1.44 bits per heavy atom. The van der Waals surface area contributed by atoms with E-state index in [1.165, 1.54) is 19.3 Å². The molecule has 2 aliphatic rings. The summed E-state index contributed by atoms with van der Waals surface area (Å²) >= 11 is 1.58. The summed E-state index contributed by atoms with van der Waals surface area (Å²) in [5.74, 6) is 0.585. The number of allylic oxidation sites excluding steroid dienone is 1. The van der Waals surface area contributed by atoms with Gasteiger partial charge in [-0.3, -0.25) is 4.90 Å². The van der Waals surface area contributed by atoms with Gasteiger partial charge in [0.05, 0.1) is 11.8 Å². The molecule has 32 heavy (non-hydrogen) atoms. The summed E-state index contributed by atoms with van der Waals surface area (Å²) < 4.78 is 32.6. The molecule has 0 radical (unpaired) electrons. The standard InChI is InChI=1S/C24H35F2N3O2S/c1-6-7-24(14-30)9-18(15(2)3)11-29(13-24)12-21-16(4)28-23(32-21)20-8-19(26)10-27-22(20)31-17(5)25/h8,10,14-15,17-18,23,28H,6-7,9,11-13H2,1-5H3. The quantitative estimate of drug-likeness (QED) is 0.488. The largest absolute Gasteiger partial charge is 0.443 e. The summed E-state index contributed by atoms with van der Waals surface area (Å²) in [6.45, 7) is 12.3. The van der Waals surface area contributed by atoms with Crippen molar-refractivity contribution in [3.8, 4) is 5.88 Å². The molecule has 0 saturated carbocycles. The monoisotopic (exact) mass is 467 g/mol. The molecule has 0 bridgehead atoms. The maximum absolute atomic E-state index is 13.9. The van der Waals surface area contributed by atoms with Gasteiger partial charge in [-0.2, -0.15) is 0 Å². The number of alkyl halides is 1. The van der Waals surface area contributed by atoms with Crippen molar-refractivity contribution in [1.29, 1.82) is 0 Å². The SMILES string of the molecule is CCCC1(C=O)CC(C(C)C)CN(CC2=C(C)NC(c3cc(F)cnc3OC(C)F)S2)C1. The molecule has 5 nitrogen and oxygen atoms in total. The molecular formula is C24H35F2N3O2S. The normalized spacial score (nSPS) is 27.5. The van der Waals surface area contributed by atoms with Gasteiger partial charge >= 0.3 is 0 Å². The zero-order valence-electron chi connectivity index (χ0n) is 19.7. The molecule has 0 aliphatic carbocycles. The van der Waals surface area contributed by atoms with Gasteiger partial charge in [0.2, 0.25) is 12.2 Å². The van der Waals surface area contributed by atoms with Gasteiger partial charge in [0, 0.05) is 42.6 Å². The number of nitrogens with one attached hydrogen (secondary N) is 1. The number of carbonyl (C=O) groups is 1. The minimum absolute atomic E-state index is 0.0983. The highest BCUT2D eigenvalue weighted by Crippen LogP contribution is 2.45. The number of ether oxygens (including phenoxy) is 1. The van der Waals surface area contributed by atoms with Crippen LogP contribution in [0.5, 0.6) is 5.88 Å². The van der Waals surface area contributed by atoms with Crippen LogP contribution in [0.2, 0.25) is 0 Å². The number of aldehydes is 1. The lowest BCUT2D eigenvalue weighted by Gasteiger charge is -2.45. The van der Waals surface area contributed by atoms with Gasteiger partial charge in [0.1, 0.15) is 17.5 Å². The minimum Gasteiger partial charge on any atom is -0.443 e. The van der Waals surface area contributed by atoms with Crippen molar-refractivity contribution in [2.45, 2.75) is 65.6 Å². The van der Waals surface area contributed by atoms with E-state index in [9.17, 15) is 13.6 Å². The van der Waals surface area contributed by atoms with Crippen molar-refractivity contribution < 1.29 is 18.3 Å². The molecule has 4 atom stereocenters. The number of rotatable bonds is 9. The number of pyridine rings is 1. The molecule has 1 aromatic heterocycles. The zero-order valence-corrected chi connectivity index (χ0v) is 20.5. The first-order valence-corrected chi connectivity index (χ1v) is 12.3. The van der Waals surface area contributed by atoms with E-state index in [1.807, 2.05) is 6.92 Å². The number of halogens is 2. The van der Waals surface area contributed by atoms with Crippen LogP contribution in [0.3, 0.4) is 0 Å². The summed E-state index contributed by atoms with van der Waals surface area (Å²) in [6, 6.07) is 1.35. The third kappa shape index (κ3) is 5.81. The van der Waals surface area contributed by atoms with Crippen molar-refractivity contribution in [3.05, 3.63) is 34.2 Å². The second kappa shape index (κ2) is 10.5. The van der Waals surface area contributed by atoms with Gasteiger partial charge in [-0.25, -0.2) is 13.8 Å². The van der Waals surface area contributed by atoms with Crippen LogP contribution in [0.15, 0.2) is 22.9 Å². The second-order valence-corrected chi connectivity index (χ2v) is 10.7. The molecule has 1 aromatic rings. The van der Waals surface area contributed by atoms with Gasteiger partial charge in [-0.1, -0.05) is 39.0 Å². The minimum atomic E-state index is -1.54. The molecule has 1 N–H and O–H groups in total. The molecule has 3 rings (SSSR count). The van der Waals surface area contributed by atoms with Gasteiger partial charge < -0.3 is 14.8 Å². The Bertz CT molecular complexity index is 849. The smallest absolute Gasteiger partial charge is 0.237 e. The van der Waals surface area contributed by atoms with Gasteiger partial charge in [-0.05, 0) is 37.7 Å². The maximum Gasteiger partial charge on any atom is 0.237 e. The third-order valence-electron chi connectivity index (χ3n) is 6.44. The second-order valence-electron chi connectivity index (χ2n) is 9.51. The summed E-state index contributed by atoms with van der Waals surface area (Å²) in [5, 5.41) is 3.08. The summed E-state index contributed by atoms with van der Waals surface area (Å²) in [6.07, 6.45) is 3.51. The summed E-state index contributed by atoms with van der Waals surface area (Å²) in [5.41, 5.74) is 1.19. The fourth-order valence-electron chi connectivity index (χ4n) is 4.80. The maximum atomic E-state index is 13.9. The molecule has 0 amide bonds. The average molecular weight is 468 g/mol. The van der Waals surface area contributed by atoms with E-state index < -0.39 is 12.2 Å². The Labute approximate surface area is 194 Å². The van der Waals surface area contributed by atoms with Crippen LogP contribution in [-0.4, -0.2) is 42.2 Å². The highest BCUT2D eigenvalue weighted by atomic mass is 32.2. The predicted octanol–water partition coefficient (Wildman–Crippen LogP) is 5.44. The Morgan fingerprint density at radius 3 is 2.81 bits per heavy atom. The molecule has 1 saturated heterocycles. The van der Waals surface area contributed by atoms with Crippen LogP contribution in [0.25, 0.3) is 0 Å². The fourth-order valence-corrected chi connectivity index (χ4v) is 6.11. The Balaban J connectivity index is 1.76. The van der Waals surface area contributed by atoms with Crippen LogP contribution < -0.4 is 10.1 Å². The number of hydrogen-bond acceptors (Lipinski definition) is 6. The fraction of sp³-hybridized carbons (Fsp3) is 0.667. The molecule has 1 fully saturated rings. The van der Waals surface area contributed by atoms with Crippen LogP contribution in [-0.2, 0) is 4.79 Å². The zero-order chi connectivity index (χ0) is 23.5. The van der Waals surface area contributed by atoms with E-state index in [-0.39, 0.29) is 16.7 Å². The van der Waals surface area contributed by atoms with Crippen molar-refractivity contribution >= 4 is 18.0 Å². The highest BCUT2D eigenvalue weighted by Gasteiger charge is 2.41. The van der Waals surface area contributed by atoms with E-state index in [0.717, 1.165) is 55.7 Å². The van der Waals surface area contributed by atoms with Gasteiger partial charge in [-0.15, -0.1) is 0 Å². The number of carbonyl (C=O) groups excluding carboxylic acids is 1. The molecular weight excluding hydrogens is 432 g/mol. The molecule has 0 aromatic carbocycles. The predicted molar refractivity (Wildman–Crippen MR) is 124 cm³/mol. The van der Waals surface area contributed by atoms with Crippen LogP contribution in [0, 0.1) is 23.1 Å². The topological polar surface area (TPSA) is 54.5 Å². The number of thioether (sulfide) groups is 1. The lowest BCUT2D eigenvalue weighted by molar-refractivity contribution is -0.121. The Kier molecular flexibility index (Phi) is 8.20. The third-order valence-corrected chi connectivity index (χ3v) is 7.76. The van der Waals surface area contributed by atoms with E-state index in [4.69, 9.17) is 4.74 Å². The summed E-state index contributed by atoms with van der Waals surface area (Å²) in [7, 11) is 0. The van der Waals surface area contributed by atoms with Crippen LogP contribution in [0.1, 0.15) is 64.8 Å². The van der Waals surface area contributed by atoms with E-state index in [1.54, 1.807) is 11.8 Å². The lowest BCUT2D eigenvalue weighted by Crippen LogP contribution is -2.49. The molecule has 2 aliphatic heterocycles.